The molecule has 94 valence electrons. The zero-order valence-electron chi connectivity index (χ0n) is 10.1. The minimum absolute atomic E-state index is 0.0481. The van der Waals surface area contributed by atoms with E-state index in [9.17, 15) is 9.59 Å². The van der Waals surface area contributed by atoms with Crippen molar-refractivity contribution in [1.29, 1.82) is 0 Å². The van der Waals surface area contributed by atoms with Gasteiger partial charge >= 0.3 is 5.97 Å². The van der Waals surface area contributed by atoms with E-state index in [1.807, 2.05) is 0 Å². The Morgan fingerprint density at radius 2 is 1.94 bits per heavy atom. The Bertz CT molecular complexity index is 423. The summed E-state index contributed by atoms with van der Waals surface area (Å²) in [6.07, 6.45) is 0. The second-order valence-electron chi connectivity index (χ2n) is 4.23. The molecule has 0 unspecified atom stereocenters. The van der Waals surface area contributed by atoms with E-state index in [1.165, 1.54) is 0 Å². The van der Waals surface area contributed by atoms with Gasteiger partial charge in [0.05, 0.1) is 11.5 Å². The lowest BCUT2D eigenvalue weighted by Crippen LogP contribution is -2.25. The number of ether oxygens (including phenoxy) is 1. The first kappa shape index (κ1) is 14.2. The van der Waals surface area contributed by atoms with Crippen LogP contribution in [0.25, 0.3) is 0 Å². The summed E-state index contributed by atoms with van der Waals surface area (Å²) in [4.78, 5) is 24.5. The van der Waals surface area contributed by atoms with Gasteiger partial charge in [-0.05, 0) is 19.1 Å². The fraction of sp³-hybridized carbons (Fsp3) is 0.500. The molecule has 0 radical (unpaired) electrons. The van der Waals surface area contributed by atoms with Crippen LogP contribution >= 0.6 is 22.9 Å². The Kier molecular flexibility index (Phi) is 4.71. The third-order valence-corrected chi connectivity index (χ3v) is 3.99. The van der Waals surface area contributed by atoms with Crippen LogP contribution in [0.3, 0.4) is 0 Å². The Labute approximate surface area is 110 Å². The fourth-order valence-electron chi connectivity index (χ4n) is 1.17. The van der Waals surface area contributed by atoms with Crippen molar-refractivity contribution in [3.63, 3.8) is 0 Å². The molecule has 3 nitrogen and oxygen atoms in total. The van der Waals surface area contributed by atoms with E-state index >= 15 is 0 Å². The average molecular weight is 275 g/mol. The van der Waals surface area contributed by atoms with Crippen molar-refractivity contribution in [3.8, 4) is 0 Å². The molecule has 1 aromatic rings. The third kappa shape index (κ3) is 3.30. The normalized spacial score (nSPS) is 11.3. The van der Waals surface area contributed by atoms with Crippen molar-refractivity contribution in [3.05, 3.63) is 21.9 Å². The lowest BCUT2D eigenvalue weighted by Gasteiger charge is -2.18. The minimum atomic E-state index is -0.613. The van der Waals surface area contributed by atoms with E-state index in [-0.39, 0.29) is 17.6 Å². The molecule has 0 spiro atoms. The largest absolute Gasteiger partial charge is 0.462 e. The highest BCUT2D eigenvalue weighted by atomic mass is 35.5. The monoisotopic (exact) mass is 274 g/mol. The predicted octanol–water partition coefficient (Wildman–Crippen LogP) is 3.37. The Morgan fingerprint density at radius 1 is 1.35 bits per heavy atom. The molecule has 0 aliphatic rings. The number of rotatable bonds is 5. The van der Waals surface area contributed by atoms with Crippen molar-refractivity contribution in [2.45, 2.75) is 20.8 Å². The maximum absolute atomic E-state index is 12.1. The van der Waals surface area contributed by atoms with Gasteiger partial charge in [0.25, 0.3) is 0 Å². The number of hydrogen-bond donors (Lipinski definition) is 0. The highest BCUT2D eigenvalue weighted by Crippen LogP contribution is 2.28. The van der Waals surface area contributed by atoms with E-state index < -0.39 is 5.41 Å². The molecular weight excluding hydrogens is 260 g/mol. The van der Waals surface area contributed by atoms with Gasteiger partial charge in [-0.15, -0.1) is 22.9 Å². The highest BCUT2D eigenvalue weighted by molar-refractivity contribution is 7.15. The first-order chi connectivity index (χ1) is 7.92. The molecule has 0 aliphatic heterocycles. The maximum atomic E-state index is 12.1. The molecule has 1 aromatic heterocycles. The third-order valence-electron chi connectivity index (χ3n) is 2.26. The van der Waals surface area contributed by atoms with E-state index in [0.29, 0.717) is 16.4 Å². The molecule has 0 bridgehead atoms. The summed E-state index contributed by atoms with van der Waals surface area (Å²) in [6.45, 7) is 5.64. The van der Waals surface area contributed by atoms with Crippen LogP contribution in [0.5, 0.6) is 0 Å². The number of carbonyl (C=O) groups is 2. The van der Waals surface area contributed by atoms with Crippen molar-refractivity contribution in [1.82, 2.24) is 0 Å². The number of esters is 1. The van der Waals surface area contributed by atoms with E-state index in [1.54, 1.807) is 32.9 Å². The van der Waals surface area contributed by atoms with Crippen molar-refractivity contribution in [2.75, 3.05) is 12.5 Å². The maximum Gasteiger partial charge on any atom is 0.348 e. The highest BCUT2D eigenvalue weighted by Gasteiger charge is 2.29. The van der Waals surface area contributed by atoms with E-state index in [4.69, 9.17) is 16.3 Å². The van der Waals surface area contributed by atoms with E-state index in [2.05, 4.69) is 0 Å². The first-order valence-electron chi connectivity index (χ1n) is 5.30. The van der Waals surface area contributed by atoms with Gasteiger partial charge < -0.3 is 4.74 Å². The van der Waals surface area contributed by atoms with Crippen LogP contribution in [0.2, 0.25) is 0 Å². The first-order valence-corrected chi connectivity index (χ1v) is 6.65. The van der Waals surface area contributed by atoms with Crippen molar-refractivity contribution < 1.29 is 14.3 Å². The molecule has 1 rings (SSSR count). The molecule has 0 fully saturated rings. The molecular formula is C12H15ClO3S. The van der Waals surface area contributed by atoms with Crippen molar-refractivity contribution in [2.24, 2.45) is 5.41 Å². The van der Waals surface area contributed by atoms with Crippen LogP contribution in [0.4, 0.5) is 0 Å². The Morgan fingerprint density at radius 3 is 2.47 bits per heavy atom. The second kappa shape index (κ2) is 5.65. The van der Waals surface area contributed by atoms with Gasteiger partial charge in [-0.25, -0.2) is 4.79 Å². The Balaban J connectivity index is 2.88. The summed E-state index contributed by atoms with van der Waals surface area (Å²) in [6, 6.07) is 3.26. The summed E-state index contributed by atoms with van der Waals surface area (Å²) < 4.78 is 4.87. The molecule has 0 atom stereocenters. The summed E-state index contributed by atoms with van der Waals surface area (Å²) in [5, 5.41) is 0. The summed E-state index contributed by atoms with van der Waals surface area (Å²) in [5.41, 5.74) is -0.613. The van der Waals surface area contributed by atoms with Gasteiger partial charge in [0.2, 0.25) is 0 Å². The number of hydrogen-bond acceptors (Lipinski definition) is 4. The lowest BCUT2D eigenvalue weighted by molar-refractivity contribution is 0.0532. The second-order valence-corrected chi connectivity index (χ2v) is 5.58. The SMILES string of the molecule is CCOC(=O)c1ccc(C(=O)C(C)(C)CCl)s1. The van der Waals surface area contributed by atoms with Crippen LogP contribution in [0.15, 0.2) is 12.1 Å². The van der Waals surface area contributed by atoms with Crippen LogP contribution < -0.4 is 0 Å². The molecule has 1 heterocycles. The summed E-state index contributed by atoms with van der Waals surface area (Å²) in [5.74, 6) is -0.188. The van der Waals surface area contributed by atoms with E-state index in [0.717, 1.165) is 11.3 Å². The minimum Gasteiger partial charge on any atom is -0.462 e. The van der Waals surface area contributed by atoms with Crippen LogP contribution in [-0.4, -0.2) is 24.2 Å². The Hall–Kier alpha value is -0.870. The number of alkyl halides is 1. The van der Waals surface area contributed by atoms with Gasteiger partial charge in [0.15, 0.2) is 5.78 Å². The fourth-order valence-corrected chi connectivity index (χ4v) is 2.31. The van der Waals surface area contributed by atoms with Gasteiger partial charge in [-0.2, -0.15) is 0 Å². The molecule has 0 aliphatic carbocycles. The summed E-state index contributed by atoms with van der Waals surface area (Å²) in [7, 11) is 0. The number of halogens is 1. The van der Waals surface area contributed by atoms with Gasteiger partial charge in [-0.3, -0.25) is 4.79 Å². The number of carbonyl (C=O) groups excluding carboxylic acids is 2. The van der Waals surface area contributed by atoms with Crippen LogP contribution in [0, 0.1) is 5.41 Å². The van der Waals surface area contributed by atoms with Gasteiger partial charge in [-0.1, -0.05) is 13.8 Å². The standard InChI is InChI=1S/C12H15ClO3S/c1-4-16-11(15)9-6-5-8(17-9)10(14)12(2,3)7-13/h5-6H,4,7H2,1-3H3. The predicted molar refractivity (Wildman–Crippen MR) is 69.1 cm³/mol. The van der Waals surface area contributed by atoms with Gasteiger partial charge in [0.1, 0.15) is 4.88 Å². The average Bonchev–Trinajstić information content (AvgIpc) is 2.77. The molecule has 17 heavy (non-hydrogen) atoms. The topological polar surface area (TPSA) is 43.4 Å². The molecule has 0 saturated carbocycles. The van der Waals surface area contributed by atoms with Crippen molar-refractivity contribution >= 4 is 34.7 Å². The molecule has 5 heteroatoms. The zero-order valence-corrected chi connectivity index (χ0v) is 11.7. The van der Waals surface area contributed by atoms with Crippen LogP contribution in [-0.2, 0) is 4.74 Å². The molecule has 0 saturated heterocycles. The van der Waals surface area contributed by atoms with Gasteiger partial charge in [0, 0.05) is 11.3 Å². The summed E-state index contributed by atoms with van der Waals surface area (Å²) >= 11 is 6.90. The number of thiophene rings is 1. The molecule has 0 aromatic carbocycles. The van der Waals surface area contributed by atoms with Crippen LogP contribution in [0.1, 0.15) is 40.1 Å². The quantitative estimate of drug-likeness (QED) is 0.470. The lowest BCUT2D eigenvalue weighted by atomic mass is 9.90. The smallest absolute Gasteiger partial charge is 0.348 e. The number of Topliss-reactive ketones (excluding diaryl/α,β-unsaturated/α-hetero) is 1. The number of ketones is 1. The molecule has 0 N–H and O–H groups in total. The molecule has 0 amide bonds. The zero-order chi connectivity index (χ0) is 13.1.